The van der Waals surface area contributed by atoms with Crippen molar-refractivity contribution in [2.45, 2.75) is 6.92 Å². The van der Waals surface area contributed by atoms with Gasteiger partial charge in [-0.15, -0.1) is 0 Å². The molecule has 2 N–H and O–H groups in total. The van der Waals surface area contributed by atoms with Crippen LogP contribution in [0.3, 0.4) is 0 Å². The molecular formula is C15H15NO3. The minimum absolute atomic E-state index is 0.313. The molecule has 2 aromatic carbocycles. The first-order valence-electron chi connectivity index (χ1n) is 6.00. The summed E-state index contributed by atoms with van der Waals surface area (Å²) in [7, 11) is 0. The Kier molecular flexibility index (Phi) is 4.03. The number of carbonyl (C=O) groups excluding carboxylic acids is 1. The van der Waals surface area contributed by atoms with Crippen molar-refractivity contribution >= 4 is 11.7 Å². The smallest absolute Gasteiger partial charge is 0.341 e. The van der Waals surface area contributed by atoms with Crippen molar-refractivity contribution in [3.05, 3.63) is 54.1 Å². The van der Waals surface area contributed by atoms with Crippen molar-refractivity contribution in [3.8, 4) is 11.5 Å². The highest BCUT2D eigenvalue weighted by molar-refractivity contribution is 5.93. The van der Waals surface area contributed by atoms with E-state index in [4.69, 9.17) is 15.2 Å². The van der Waals surface area contributed by atoms with E-state index in [1.54, 1.807) is 37.3 Å². The predicted molar refractivity (Wildman–Crippen MR) is 73.3 cm³/mol. The third kappa shape index (κ3) is 3.25. The molecule has 98 valence electrons. The number of para-hydroxylation sites is 1. The van der Waals surface area contributed by atoms with Crippen LogP contribution in [0.1, 0.15) is 17.3 Å². The van der Waals surface area contributed by atoms with Crippen LogP contribution in [0.25, 0.3) is 0 Å². The number of benzene rings is 2. The van der Waals surface area contributed by atoms with E-state index >= 15 is 0 Å². The quantitative estimate of drug-likeness (QED) is 0.674. The van der Waals surface area contributed by atoms with Gasteiger partial charge in [-0.2, -0.15) is 0 Å². The molecule has 0 atom stereocenters. The second kappa shape index (κ2) is 5.91. The van der Waals surface area contributed by atoms with E-state index in [1.807, 2.05) is 18.2 Å². The van der Waals surface area contributed by atoms with Gasteiger partial charge in [0.1, 0.15) is 17.1 Å². The zero-order chi connectivity index (χ0) is 13.7. The van der Waals surface area contributed by atoms with Crippen LogP contribution in [0, 0.1) is 0 Å². The van der Waals surface area contributed by atoms with Crippen molar-refractivity contribution in [2.24, 2.45) is 0 Å². The van der Waals surface area contributed by atoms with E-state index in [0.29, 0.717) is 29.4 Å². The van der Waals surface area contributed by atoms with Gasteiger partial charge in [0.05, 0.1) is 6.61 Å². The topological polar surface area (TPSA) is 61.5 Å². The fraction of sp³-hybridized carbons (Fsp3) is 0.133. The lowest BCUT2D eigenvalue weighted by atomic mass is 10.2. The summed E-state index contributed by atoms with van der Waals surface area (Å²) in [6.45, 7) is 2.07. The summed E-state index contributed by atoms with van der Waals surface area (Å²) < 4.78 is 10.7. The molecule has 0 aromatic heterocycles. The summed E-state index contributed by atoms with van der Waals surface area (Å²) in [6.07, 6.45) is 0. The van der Waals surface area contributed by atoms with Gasteiger partial charge < -0.3 is 15.2 Å². The van der Waals surface area contributed by atoms with Gasteiger partial charge in [0, 0.05) is 11.8 Å². The number of nitrogen functional groups attached to an aromatic ring is 1. The highest BCUT2D eigenvalue weighted by Crippen LogP contribution is 2.28. The van der Waals surface area contributed by atoms with E-state index in [9.17, 15) is 4.79 Å². The van der Waals surface area contributed by atoms with Crippen LogP contribution in [-0.4, -0.2) is 12.6 Å². The SMILES string of the molecule is CCOC(=O)c1ccc(N)cc1Oc1ccccc1. The van der Waals surface area contributed by atoms with E-state index in [0.717, 1.165) is 0 Å². The normalized spacial score (nSPS) is 9.95. The third-order valence-corrected chi connectivity index (χ3v) is 2.47. The summed E-state index contributed by atoms with van der Waals surface area (Å²) in [5.74, 6) is 0.608. The summed E-state index contributed by atoms with van der Waals surface area (Å²) in [4.78, 5) is 11.8. The number of anilines is 1. The zero-order valence-corrected chi connectivity index (χ0v) is 10.6. The third-order valence-electron chi connectivity index (χ3n) is 2.47. The van der Waals surface area contributed by atoms with Gasteiger partial charge in [0.25, 0.3) is 0 Å². The lowest BCUT2D eigenvalue weighted by Crippen LogP contribution is -2.06. The lowest BCUT2D eigenvalue weighted by molar-refractivity contribution is 0.0523. The van der Waals surface area contributed by atoms with Crippen molar-refractivity contribution < 1.29 is 14.3 Å². The van der Waals surface area contributed by atoms with Crippen molar-refractivity contribution in [2.75, 3.05) is 12.3 Å². The Balaban J connectivity index is 2.32. The Morgan fingerprint density at radius 2 is 1.89 bits per heavy atom. The van der Waals surface area contributed by atoms with Gasteiger partial charge in [-0.3, -0.25) is 0 Å². The molecular weight excluding hydrogens is 242 g/mol. The van der Waals surface area contributed by atoms with Crippen molar-refractivity contribution in [1.29, 1.82) is 0 Å². The van der Waals surface area contributed by atoms with E-state index in [1.165, 1.54) is 0 Å². The average Bonchev–Trinajstić information content (AvgIpc) is 2.40. The molecule has 2 aromatic rings. The van der Waals surface area contributed by atoms with Gasteiger partial charge in [-0.1, -0.05) is 18.2 Å². The maximum absolute atomic E-state index is 11.8. The second-order valence-electron chi connectivity index (χ2n) is 3.89. The molecule has 0 heterocycles. The summed E-state index contributed by atoms with van der Waals surface area (Å²) in [5.41, 5.74) is 6.61. The molecule has 0 bridgehead atoms. The van der Waals surface area contributed by atoms with E-state index < -0.39 is 5.97 Å². The Hall–Kier alpha value is -2.49. The first-order valence-corrected chi connectivity index (χ1v) is 6.00. The number of esters is 1. The lowest BCUT2D eigenvalue weighted by Gasteiger charge is -2.11. The molecule has 0 saturated heterocycles. The van der Waals surface area contributed by atoms with Gasteiger partial charge in [-0.25, -0.2) is 4.79 Å². The molecule has 0 aliphatic heterocycles. The number of ether oxygens (including phenoxy) is 2. The molecule has 4 nitrogen and oxygen atoms in total. The molecule has 0 unspecified atom stereocenters. The second-order valence-corrected chi connectivity index (χ2v) is 3.89. The van der Waals surface area contributed by atoms with Crippen LogP contribution in [0.2, 0.25) is 0 Å². The van der Waals surface area contributed by atoms with Crippen LogP contribution in [0.4, 0.5) is 5.69 Å². The van der Waals surface area contributed by atoms with E-state index in [-0.39, 0.29) is 0 Å². The molecule has 0 fully saturated rings. The largest absolute Gasteiger partial charge is 0.462 e. The molecule has 0 aliphatic rings. The zero-order valence-electron chi connectivity index (χ0n) is 10.6. The minimum atomic E-state index is -0.423. The fourth-order valence-electron chi connectivity index (χ4n) is 1.62. The summed E-state index contributed by atoms with van der Waals surface area (Å²) in [5, 5.41) is 0. The monoisotopic (exact) mass is 257 g/mol. The first-order chi connectivity index (χ1) is 9.20. The summed E-state index contributed by atoms with van der Waals surface area (Å²) in [6, 6.07) is 14.1. The average molecular weight is 257 g/mol. The molecule has 0 saturated carbocycles. The Morgan fingerprint density at radius 1 is 1.16 bits per heavy atom. The van der Waals surface area contributed by atoms with Gasteiger partial charge >= 0.3 is 5.97 Å². The first kappa shape index (κ1) is 13.0. The number of nitrogens with two attached hydrogens (primary N) is 1. The fourth-order valence-corrected chi connectivity index (χ4v) is 1.62. The Bertz CT molecular complexity index is 567. The van der Waals surface area contributed by atoms with Crippen LogP contribution in [0.5, 0.6) is 11.5 Å². The molecule has 0 amide bonds. The number of rotatable bonds is 4. The number of hydrogen-bond acceptors (Lipinski definition) is 4. The Morgan fingerprint density at radius 3 is 2.58 bits per heavy atom. The molecule has 0 radical (unpaired) electrons. The minimum Gasteiger partial charge on any atom is -0.462 e. The van der Waals surface area contributed by atoms with Crippen molar-refractivity contribution in [1.82, 2.24) is 0 Å². The number of carbonyl (C=O) groups is 1. The molecule has 19 heavy (non-hydrogen) atoms. The summed E-state index contributed by atoms with van der Waals surface area (Å²) >= 11 is 0. The maximum Gasteiger partial charge on any atom is 0.341 e. The molecule has 4 heteroatoms. The molecule has 0 spiro atoms. The molecule has 0 aliphatic carbocycles. The van der Waals surface area contributed by atoms with E-state index in [2.05, 4.69) is 0 Å². The highest BCUT2D eigenvalue weighted by Gasteiger charge is 2.14. The van der Waals surface area contributed by atoms with Crippen LogP contribution >= 0.6 is 0 Å². The molecule has 2 rings (SSSR count). The predicted octanol–water partition coefficient (Wildman–Crippen LogP) is 3.24. The standard InChI is InChI=1S/C15H15NO3/c1-2-18-15(17)13-9-8-11(16)10-14(13)19-12-6-4-3-5-7-12/h3-10H,2,16H2,1H3. The van der Waals surface area contributed by atoms with Gasteiger partial charge in [-0.05, 0) is 31.2 Å². The van der Waals surface area contributed by atoms with Crippen LogP contribution in [-0.2, 0) is 4.74 Å². The van der Waals surface area contributed by atoms with Crippen LogP contribution < -0.4 is 10.5 Å². The Labute approximate surface area is 111 Å². The van der Waals surface area contributed by atoms with Crippen LogP contribution in [0.15, 0.2) is 48.5 Å². The van der Waals surface area contributed by atoms with Gasteiger partial charge in [0.15, 0.2) is 0 Å². The van der Waals surface area contributed by atoms with Gasteiger partial charge in [0.2, 0.25) is 0 Å². The maximum atomic E-state index is 11.8. The highest BCUT2D eigenvalue weighted by atomic mass is 16.5. The van der Waals surface area contributed by atoms with Crippen molar-refractivity contribution in [3.63, 3.8) is 0 Å². The number of hydrogen-bond donors (Lipinski definition) is 1.